The molecule has 6 heteroatoms. The van der Waals surface area contributed by atoms with Crippen molar-refractivity contribution in [2.75, 3.05) is 23.7 Å². The second-order valence-corrected chi connectivity index (χ2v) is 5.64. The van der Waals surface area contributed by atoms with E-state index in [2.05, 4.69) is 32.5 Å². The van der Waals surface area contributed by atoms with E-state index in [1.807, 2.05) is 6.92 Å². The maximum Gasteiger partial charge on any atom is 0.228 e. The standard InChI is InChI=1S/C13H22ClN5/c1-3-15-12-17-11(14)18-13(19-12)16-8-10-6-4-5-9(2)7-10/h9-10H,3-8H2,1-2H3,(H2,15,16,17,18,19). The summed E-state index contributed by atoms with van der Waals surface area (Å²) in [5, 5.41) is 6.56. The Kier molecular flexibility index (Phi) is 5.19. The van der Waals surface area contributed by atoms with Gasteiger partial charge in [0.25, 0.3) is 0 Å². The fourth-order valence-corrected chi connectivity index (χ4v) is 2.81. The van der Waals surface area contributed by atoms with Crippen molar-refractivity contribution in [1.82, 2.24) is 15.0 Å². The first-order chi connectivity index (χ1) is 9.17. The van der Waals surface area contributed by atoms with Gasteiger partial charge in [0.1, 0.15) is 0 Å². The second-order valence-electron chi connectivity index (χ2n) is 5.30. The summed E-state index contributed by atoms with van der Waals surface area (Å²) in [6.07, 6.45) is 5.26. The maximum atomic E-state index is 5.89. The number of rotatable bonds is 5. The first-order valence-electron chi connectivity index (χ1n) is 7.06. The third kappa shape index (κ3) is 4.49. The predicted octanol–water partition coefficient (Wildman–Crippen LogP) is 3.20. The number of anilines is 2. The van der Waals surface area contributed by atoms with E-state index in [1.54, 1.807) is 0 Å². The van der Waals surface area contributed by atoms with Crippen LogP contribution in [-0.2, 0) is 0 Å². The van der Waals surface area contributed by atoms with E-state index in [1.165, 1.54) is 25.7 Å². The molecule has 5 nitrogen and oxygen atoms in total. The quantitative estimate of drug-likeness (QED) is 0.869. The van der Waals surface area contributed by atoms with Gasteiger partial charge in [-0.2, -0.15) is 15.0 Å². The first kappa shape index (κ1) is 14.3. The monoisotopic (exact) mass is 283 g/mol. The summed E-state index contributed by atoms with van der Waals surface area (Å²) in [6.45, 7) is 6.00. The highest BCUT2D eigenvalue weighted by atomic mass is 35.5. The van der Waals surface area contributed by atoms with Crippen LogP contribution in [0, 0.1) is 11.8 Å². The van der Waals surface area contributed by atoms with Gasteiger partial charge in [-0.25, -0.2) is 0 Å². The molecule has 0 saturated heterocycles. The second kappa shape index (κ2) is 6.89. The minimum Gasteiger partial charge on any atom is -0.354 e. The lowest BCUT2D eigenvalue weighted by molar-refractivity contribution is 0.293. The van der Waals surface area contributed by atoms with Gasteiger partial charge < -0.3 is 10.6 Å². The van der Waals surface area contributed by atoms with E-state index in [-0.39, 0.29) is 5.28 Å². The molecule has 2 N–H and O–H groups in total. The topological polar surface area (TPSA) is 62.7 Å². The normalized spacial score (nSPS) is 23.1. The Bertz CT molecular complexity index is 412. The molecular formula is C13H22ClN5. The Hall–Kier alpha value is -1.10. The van der Waals surface area contributed by atoms with Gasteiger partial charge in [-0.1, -0.05) is 19.8 Å². The highest BCUT2D eigenvalue weighted by Crippen LogP contribution is 2.28. The summed E-state index contributed by atoms with van der Waals surface area (Å²) in [5.41, 5.74) is 0. The average molecular weight is 284 g/mol. The third-order valence-electron chi connectivity index (χ3n) is 3.54. The molecule has 1 aliphatic carbocycles. The molecule has 19 heavy (non-hydrogen) atoms. The fraction of sp³-hybridized carbons (Fsp3) is 0.769. The summed E-state index contributed by atoms with van der Waals surface area (Å²) in [4.78, 5) is 12.4. The highest BCUT2D eigenvalue weighted by Gasteiger charge is 2.18. The van der Waals surface area contributed by atoms with Gasteiger partial charge in [-0.3, -0.25) is 0 Å². The average Bonchev–Trinajstić information content (AvgIpc) is 2.36. The molecule has 2 atom stereocenters. The fourth-order valence-electron chi connectivity index (χ4n) is 2.65. The van der Waals surface area contributed by atoms with Crippen molar-refractivity contribution in [3.05, 3.63) is 5.28 Å². The molecule has 0 aliphatic heterocycles. The summed E-state index contributed by atoms with van der Waals surface area (Å²) in [5.74, 6) is 2.64. The third-order valence-corrected chi connectivity index (χ3v) is 3.71. The number of hydrogen-bond donors (Lipinski definition) is 2. The lowest BCUT2D eigenvalue weighted by Gasteiger charge is -2.26. The molecule has 0 radical (unpaired) electrons. The van der Waals surface area contributed by atoms with E-state index in [0.717, 1.165) is 19.0 Å². The van der Waals surface area contributed by atoms with Gasteiger partial charge in [-0.15, -0.1) is 0 Å². The van der Waals surface area contributed by atoms with Crippen LogP contribution in [0.4, 0.5) is 11.9 Å². The van der Waals surface area contributed by atoms with Crippen LogP contribution < -0.4 is 10.6 Å². The minimum absolute atomic E-state index is 0.227. The molecule has 0 spiro atoms. The zero-order valence-electron chi connectivity index (χ0n) is 11.6. The molecule has 2 unspecified atom stereocenters. The molecule has 0 amide bonds. The van der Waals surface area contributed by atoms with Gasteiger partial charge in [-0.05, 0) is 43.2 Å². The Labute approximate surface area is 119 Å². The van der Waals surface area contributed by atoms with Crippen molar-refractivity contribution in [2.24, 2.45) is 11.8 Å². The van der Waals surface area contributed by atoms with Crippen LogP contribution >= 0.6 is 11.6 Å². The molecule has 0 bridgehead atoms. The Morgan fingerprint density at radius 2 is 1.89 bits per heavy atom. The lowest BCUT2D eigenvalue weighted by Crippen LogP contribution is -2.22. The van der Waals surface area contributed by atoms with E-state index in [0.29, 0.717) is 17.8 Å². The predicted molar refractivity (Wildman–Crippen MR) is 78.6 cm³/mol. The largest absolute Gasteiger partial charge is 0.354 e. The Morgan fingerprint density at radius 1 is 1.16 bits per heavy atom. The van der Waals surface area contributed by atoms with Gasteiger partial charge in [0.2, 0.25) is 17.2 Å². The van der Waals surface area contributed by atoms with Crippen LogP contribution in [0.2, 0.25) is 5.28 Å². The molecule has 1 saturated carbocycles. The molecule has 106 valence electrons. The van der Waals surface area contributed by atoms with E-state index < -0.39 is 0 Å². The van der Waals surface area contributed by atoms with Crippen molar-refractivity contribution in [1.29, 1.82) is 0 Å². The number of nitrogens with one attached hydrogen (secondary N) is 2. The van der Waals surface area contributed by atoms with Crippen LogP contribution in [-0.4, -0.2) is 28.0 Å². The Balaban J connectivity index is 1.91. The molecule has 1 aromatic heterocycles. The van der Waals surface area contributed by atoms with Gasteiger partial charge >= 0.3 is 0 Å². The van der Waals surface area contributed by atoms with Crippen molar-refractivity contribution in [2.45, 2.75) is 39.5 Å². The van der Waals surface area contributed by atoms with Crippen LogP contribution in [0.3, 0.4) is 0 Å². The maximum absolute atomic E-state index is 5.89. The number of hydrogen-bond acceptors (Lipinski definition) is 5. The highest BCUT2D eigenvalue weighted by molar-refractivity contribution is 6.28. The summed E-state index contributed by atoms with van der Waals surface area (Å²) in [7, 11) is 0. The first-order valence-corrected chi connectivity index (χ1v) is 7.44. The lowest BCUT2D eigenvalue weighted by atomic mass is 9.82. The minimum atomic E-state index is 0.227. The number of aromatic nitrogens is 3. The van der Waals surface area contributed by atoms with E-state index in [4.69, 9.17) is 11.6 Å². The number of halogens is 1. The van der Waals surface area contributed by atoms with Crippen molar-refractivity contribution >= 4 is 23.5 Å². The SMILES string of the molecule is CCNc1nc(Cl)nc(NCC2CCCC(C)C2)n1. The molecule has 1 aromatic rings. The van der Waals surface area contributed by atoms with Crippen molar-refractivity contribution in [3.8, 4) is 0 Å². The Morgan fingerprint density at radius 3 is 2.58 bits per heavy atom. The van der Waals surface area contributed by atoms with Crippen molar-refractivity contribution < 1.29 is 0 Å². The smallest absolute Gasteiger partial charge is 0.228 e. The molecule has 1 aliphatic rings. The van der Waals surface area contributed by atoms with Crippen LogP contribution in [0.15, 0.2) is 0 Å². The summed E-state index contributed by atoms with van der Waals surface area (Å²) >= 11 is 5.89. The van der Waals surface area contributed by atoms with E-state index >= 15 is 0 Å². The molecule has 1 fully saturated rings. The molecule has 2 rings (SSSR count). The van der Waals surface area contributed by atoms with Crippen LogP contribution in [0.5, 0.6) is 0 Å². The van der Waals surface area contributed by atoms with Gasteiger partial charge in [0.05, 0.1) is 0 Å². The molecule has 0 aromatic carbocycles. The van der Waals surface area contributed by atoms with Gasteiger partial charge in [0, 0.05) is 13.1 Å². The molecule has 1 heterocycles. The van der Waals surface area contributed by atoms with Crippen molar-refractivity contribution in [3.63, 3.8) is 0 Å². The summed E-state index contributed by atoms with van der Waals surface area (Å²) < 4.78 is 0. The summed E-state index contributed by atoms with van der Waals surface area (Å²) in [6, 6.07) is 0. The van der Waals surface area contributed by atoms with Crippen LogP contribution in [0.1, 0.15) is 39.5 Å². The zero-order chi connectivity index (χ0) is 13.7. The van der Waals surface area contributed by atoms with Crippen LogP contribution in [0.25, 0.3) is 0 Å². The van der Waals surface area contributed by atoms with E-state index in [9.17, 15) is 0 Å². The zero-order valence-corrected chi connectivity index (χ0v) is 12.4. The number of nitrogens with zero attached hydrogens (tertiary/aromatic N) is 3. The molecular weight excluding hydrogens is 262 g/mol. The van der Waals surface area contributed by atoms with Gasteiger partial charge in [0.15, 0.2) is 0 Å².